The van der Waals surface area contributed by atoms with Crippen molar-refractivity contribution in [1.82, 2.24) is 10.6 Å². The molecule has 4 nitrogen and oxygen atoms in total. The van der Waals surface area contributed by atoms with Crippen LogP contribution in [0.3, 0.4) is 0 Å². The summed E-state index contributed by atoms with van der Waals surface area (Å²) < 4.78 is 0. The minimum atomic E-state index is -0.216. The summed E-state index contributed by atoms with van der Waals surface area (Å²) in [5.74, 6) is 0.0290. The average Bonchev–Trinajstić information content (AvgIpc) is 2.44. The van der Waals surface area contributed by atoms with Gasteiger partial charge in [0.1, 0.15) is 0 Å². The van der Waals surface area contributed by atoms with Crippen molar-refractivity contribution in [2.75, 3.05) is 0 Å². The Hall–Kier alpha value is -1.39. The molecule has 1 amide bonds. The van der Waals surface area contributed by atoms with Gasteiger partial charge < -0.3 is 15.7 Å². The zero-order valence-corrected chi connectivity index (χ0v) is 11.9. The van der Waals surface area contributed by atoms with Gasteiger partial charge >= 0.3 is 0 Å². The van der Waals surface area contributed by atoms with E-state index in [9.17, 15) is 4.79 Å². The second-order valence-electron chi connectivity index (χ2n) is 4.90. The van der Waals surface area contributed by atoms with E-state index in [1.54, 1.807) is 0 Å². The third kappa shape index (κ3) is 5.41. The van der Waals surface area contributed by atoms with Crippen LogP contribution >= 0.6 is 0 Å². The number of amides is 1. The van der Waals surface area contributed by atoms with Crippen LogP contribution in [0.15, 0.2) is 24.3 Å². The monoisotopic (exact) mass is 264 g/mol. The second-order valence-corrected chi connectivity index (χ2v) is 4.90. The molecule has 0 aliphatic carbocycles. The van der Waals surface area contributed by atoms with Gasteiger partial charge in [-0.3, -0.25) is 4.79 Å². The topological polar surface area (TPSA) is 61.4 Å². The number of aliphatic hydroxyl groups excluding tert-OH is 1. The lowest BCUT2D eigenvalue weighted by Gasteiger charge is -2.17. The predicted molar refractivity (Wildman–Crippen MR) is 76.6 cm³/mol. The fraction of sp³-hybridized carbons (Fsp3) is 0.533. The molecule has 19 heavy (non-hydrogen) atoms. The number of carbonyl (C=O) groups is 1. The Kier molecular flexibility index (Phi) is 6.53. The fourth-order valence-electron chi connectivity index (χ4n) is 1.60. The van der Waals surface area contributed by atoms with Crippen molar-refractivity contribution in [2.24, 2.45) is 0 Å². The highest BCUT2D eigenvalue weighted by molar-refractivity contribution is 5.81. The van der Waals surface area contributed by atoms with Crippen molar-refractivity contribution >= 4 is 5.91 Å². The van der Waals surface area contributed by atoms with E-state index >= 15 is 0 Å². The summed E-state index contributed by atoms with van der Waals surface area (Å²) in [6.07, 6.45) is 0.932. The zero-order chi connectivity index (χ0) is 14.3. The largest absolute Gasteiger partial charge is 0.392 e. The molecular weight excluding hydrogens is 240 g/mol. The van der Waals surface area contributed by atoms with Crippen molar-refractivity contribution in [3.8, 4) is 0 Å². The molecule has 0 spiro atoms. The molecule has 3 N–H and O–H groups in total. The smallest absolute Gasteiger partial charge is 0.237 e. The van der Waals surface area contributed by atoms with Gasteiger partial charge in [0, 0.05) is 12.6 Å². The Labute approximate surface area is 115 Å². The normalized spacial score (nSPS) is 13.9. The molecule has 1 aromatic carbocycles. The van der Waals surface area contributed by atoms with Crippen LogP contribution in [0.4, 0.5) is 0 Å². The van der Waals surface area contributed by atoms with E-state index in [4.69, 9.17) is 5.11 Å². The average molecular weight is 264 g/mol. The number of rotatable bonds is 7. The van der Waals surface area contributed by atoms with Crippen LogP contribution in [0.5, 0.6) is 0 Å². The van der Waals surface area contributed by atoms with Crippen LogP contribution in [0.25, 0.3) is 0 Å². The molecule has 0 aliphatic heterocycles. The van der Waals surface area contributed by atoms with E-state index in [2.05, 4.69) is 10.6 Å². The predicted octanol–water partition coefficient (Wildman–Crippen LogP) is 1.57. The van der Waals surface area contributed by atoms with Gasteiger partial charge in [-0.15, -0.1) is 0 Å². The lowest BCUT2D eigenvalue weighted by Crippen LogP contribution is -2.45. The van der Waals surface area contributed by atoms with Crippen LogP contribution in [0, 0.1) is 0 Å². The van der Waals surface area contributed by atoms with Crippen LogP contribution < -0.4 is 10.6 Å². The van der Waals surface area contributed by atoms with Crippen molar-refractivity contribution in [2.45, 2.75) is 52.4 Å². The quantitative estimate of drug-likeness (QED) is 0.700. The molecular formula is C15H24N2O2. The van der Waals surface area contributed by atoms with Crippen molar-refractivity contribution in [3.63, 3.8) is 0 Å². The maximum absolute atomic E-state index is 11.8. The number of aliphatic hydroxyl groups is 1. The summed E-state index contributed by atoms with van der Waals surface area (Å²) in [7, 11) is 0. The molecule has 1 rings (SSSR count). The Bertz CT molecular complexity index is 390. The van der Waals surface area contributed by atoms with Gasteiger partial charge in [-0.25, -0.2) is 0 Å². The highest BCUT2D eigenvalue weighted by Gasteiger charge is 2.13. The summed E-state index contributed by atoms with van der Waals surface area (Å²) in [5.41, 5.74) is 1.99. The fourth-order valence-corrected chi connectivity index (χ4v) is 1.60. The van der Waals surface area contributed by atoms with Gasteiger partial charge in [-0.1, -0.05) is 31.2 Å². The second kappa shape index (κ2) is 7.92. The molecule has 106 valence electrons. The molecule has 0 saturated heterocycles. The van der Waals surface area contributed by atoms with E-state index < -0.39 is 0 Å². The first kappa shape index (κ1) is 15.7. The molecule has 0 radical (unpaired) electrons. The number of benzene rings is 1. The summed E-state index contributed by atoms with van der Waals surface area (Å²) in [4.78, 5) is 11.8. The molecule has 0 fully saturated rings. The van der Waals surface area contributed by atoms with Gasteiger partial charge in [-0.05, 0) is 31.4 Å². The first-order valence-corrected chi connectivity index (χ1v) is 6.79. The van der Waals surface area contributed by atoms with E-state index in [0.717, 1.165) is 17.5 Å². The first-order chi connectivity index (χ1) is 9.06. The number of hydrogen-bond acceptors (Lipinski definition) is 3. The Balaban J connectivity index is 2.40. The van der Waals surface area contributed by atoms with E-state index in [1.807, 2.05) is 45.0 Å². The maximum Gasteiger partial charge on any atom is 0.237 e. The zero-order valence-electron chi connectivity index (χ0n) is 11.9. The standard InChI is InChI=1S/C15H24N2O2/c1-4-11(2)17-15(19)12(3)16-9-13-5-7-14(10-18)8-6-13/h5-8,11-12,16,18H,4,9-10H2,1-3H3,(H,17,19). The highest BCUT2D eigenvalue weighted by atomic mass is 16.3. The van der Waals surface area contributed by atoms with E-state index in [1.165, 1.54) is 0 Å². The van der Waals surface area contributed by atoms with Crippen LogP contribution in [-0.4, -0.2) is 23.1 Å². The van der Waals surface area contributed by atoms with Gasteiger partial charge in [0.05, 0.1) is 12.6 Å². The Morgan fingerprint density at radius 2 is 1.79 bits per heavy atom. The lowest BCUT2D eigenvalue weighted by molar-refractivity contribution is -0.123. The Morgan fingerprint density at radius 1 is 1.21 bits per heavy atom. The van der Waals surface area contributed by atoms with Gasteiger partial charge in [0.15, 0.2) is 0 Å². The molecule has 1 aromatic rings. The van der Waals surface area contributed by atoms with Crippen molar-refractivity contribution in [1.29, 1.82) is 0 Å². The summed E-state index contributed by atoms with van der Waals surface area (Å²) >= 11 is 0. The molecule has 0 aliphatic rings. The molecule has 0 saturated carbocycles. The Morgan fingerprint density at radius 3 is 2.32 bits per heavy atom. The number of hydrogen-bond donors (Lipinski definition) is 3. The third-order valence-corrected chi connectivity index (χ3v) is 3.21. The molecule has 2 unspecified atom stereocenters. The van der Waals surface area contributed by atoms with Crippen molar-refractivity contribution < 1.29 is 9.90 Å². The van der Waals surface area contributed by atoms with Crippen LogP contribution in [-0.2, 0) is 17.9 Å². The molecule has 0 bridgehead atoms. The highest BCUT2D eigenvalue weighted by Crippen LogP contribution is 2.04. The van der Waals surface area contributed by atoms with Gasteiger partial charge in [0.25, 0.3) is 0 Å². The maximum atomic E-state index is 11.8. The first-order valence-electron chi connectivity index (χ1n) is 6.79. The lowest BCUT2D eigenvalue weighted by atomic mass is 10.1. The van der Waals surface area contributed by atoms with Crippen LogP contribution in [0.1, 0.15) is 38.3 Å². The molecule has 0 aromatic heterocycles. The van der Waals surface area contributed by atoms with Crippen molar-refractivity contribution in [3.05, 3.63) is 35.4 Å². The van der Waals surface area contributed by atoms with Crippen LogP contribution in [0.2, 0.25) is 0 Å². The third-order valence-electron chi connectivity index (χ3n) is 3.21. The van der Waals surface area contributed by atoms with Gasteiger partial charge in [0.2, 0.25) is 5.91 Å². The minimum absolute atomic E-state index is 0.0290. The van der Waals surface area contributed by atoms with Gasteiger partial charge in [-0.2, -0.15) is 0 Å². The molecule has 4 heteroatoms. The SMILES string of the molecule is CCC(C)NC(=O)C(C)NCc1ccc(CO)cc1. The summed E-state index contributed by atoms with van der Waals surface area (Å²) in [5, 5.41) is 15.1. The number of carbonyl (C=O) groups excluding carboxylic acids is 1. The summed E-state index contributed by atoms with van der Waals surface area (Å²) in [6, 6.07) is 7.68. The minimum Gasteiger partial charge on any atom is -0.392 e. The number of nitrogens with one attached hydrogen (secondary N) is 2. The van der Waals surface area contributed by atoms with E-state index in [0.29, 0.717) is 6.54 Å². The molecule has 2 atom stereocenters. The van der Waals surface area contributed by atoms with E-state index in [-0.39, 0.29) is 24.6 Å². The molecule has 0 heterocycles. The summed E-state index contributed by atoms with van der Waals surface area (Å²) in [6.45, 7) is 6.60.